The van der Waals surface area contributed by atoms with Crippen molar-refractivity contribution in [2.75, 3.05) is 0 Å². The molecule has 4 fully saturated rings. The van der Waals surface area contributed by atoms with E-state index < -0.39 is 57.8 Å². The minimum Gasteiger partial charge on any atom is -0.278 e. The number of halogens is 8. The van der Waals surface area contributed by atoms with Gasteiger partial charge in [0.2, 0.25) is 23.6 Å². The van der Waals surface area contributed by atoms with Gasteiger partial charge in [0.25, 0.3) is 0 Å². The van der Waals surface area contributed by atoms with E-state index in [0.29, 0.717) is 12.1 Å². The molecular weight excluding hydrogens is 724 g/mol. The largest absolute Gasteiger partial charge is 0.416 e. The Morgan fingerprint density at radius 2 is 0.889 bits per heavy atom. The van der Waals surface area contributed by atoms with Crippen LogP contribution in [0.4, 0.5) is 35.1 Å². The Bertz CT molecular complexity index is 2000. The second kappa shape index (κ2) is 13.2. The lowest BCUT2D eigenvalue weighted by Gasteiger charge is -2.15. The summed E-state index contributed by atoms with van der Waals surface area (Å²) in [5, 5.41) is 0. The van der Waals surface area contributed by atoms with Crippen molar-refractivity contribution >= 4 is 23.6 Å². The van der Waals surface area contributed by atoms with Gasteiger partial charge in [-0.2, -0.15) is 26.3 Å². The molecule has 280 valence electrons. The Hall–Kier alpha value is -5.40. The molecule has 4 aromatic carbocycles. The summed E-state index contributed by atoms with van der Waals surface area (Å²) < 4.78 is 105. The predicted octanol–water partition coefficient (Wildman–Crippen LogP) is 8.55. The molecule has 4 amide bonds. The van der Waals surface area contributed by atoms with Crippen LogP contribution < -0.4 is 0 Å². The third-order valence-electron chi connectivity index (χ3n) is 10.8. The number of alkyl halides is 6. The summed E-state index contributed by atoms with van der Waals surface area (Å²) in [5.41, 5.74) is -2.46. The molecule has 2 saturated heterocycles. The summed E-state index contributed by atoms with van der Waals surface area (Å²) >= 11 is 0. The molecule has 2 aliphatic carbocycles. The van der Waals surface area contributed by atoms with E-state index in [2.05, 4.69) is 0 Å². The first-order valence-electron chi connectivity index (χ1n) is 17.0. The number of benzene rings is 4. The molecule has 4 aliphatic rings. The molecule has 54 heavy (non-hydrogen) atoms. The molecule has 0 radical (unpaired) electrons. The molecule has 8 rings (SSSR count). The number of carbonyl (C=O) groups is 4. The van der Waals surface area contributed by atoms with Crippen molar-refractivity contribution in [1.82, 2.24) is 9.80 Å². The highest BCUT2D eigenvalue weighted by Gasteiger charge is 2.68. The third-order valence-corrected chi connectivity index (χ3v) is 10.8. The number of hydrogen-bond donors (Lipinski definition) is 0. The highest BCUT2D eigenvalue weighted by Crippen LogP contribution is 2.66. The van der Waals surface area contributed by atoms with Crippen molar-refractivity contribution < 1.29 is 54.3 Å². The lowest BCUT2D eigenvalue weighted by molar-refractivity contribution is -0.142. The summed E-state index contributed by atoms with van der Waals surface area (Å²) in [6.45, 7) is 0.283. The Morgan fingerprint density at radius 3 is 1.20 bits per heavy atom. The first kappa shape index (κ1) is 36.9. The molecule has 6 nitrogen and oxygen atoms in total. The van der Waals surface area contributed by atoms with Crippen LogP contribution in [0, 0.1) is 22.5 Å². The number of amides is 4. The zero-order valence-electron chi connectivity index (χ0n) is 28.2. The first-order chi connectivity index (χ1) is 25.4. The lowest BCUT2D eigenvalue weighted by Crippen LogP contribution is -2.30. The van der Waals surface area contributed by atoms with Gasteiger partial charge in [0.05, 0.1) is 35.0 Å². The van der Waals surface area contributed by atoms with Crippen molar-refractivity contribution in [2.24, 2.45) is 10.8 Å². The molecule has 14 heteroatoms. The zero-order chi connectivity index (χ0) is 38.8. The van der Waals surface area contributed by atoms with E-state index in [1.54, 1.807) is 48.5 Å². The highest BCUT2D eigenvalue weighted by atomic mass is 19.4. The normalized spacial score (nSPS) is 24.7. The van der Waals surface area contributed by atoms with Gasteiger partial charge in [0.15, 0.2) is 0 Å². The molecule has 2 aliphatic heterocycles. The molecule has 4 aromatic rings. The standard InChI is InChI=1S/2C20H15F4NO2/c2*21-16-8-13(20(22,23)24)6-7-14(16)15-9-19(15)10-17(26)25(18(19)27)11-12-4-2-1-3-5-12/h2*1-8,15H,9-11H2/t15?,19-;/m0./s1. The molecule has 0 N–H and O–H groups in total. The maximum absolute atomic E-state index is 14.3. The average molecular weight is 755 g/mol. The van der Waals surface area contributed by atoms with Gasteiger partial charge >= 0.3 is 12.4 Å². The van der Waals surface area contributed by atoms with Gasteiger partial charge in [-0.05, 0) is 59.4 Å². The Morgan fingerprint density at radius 1 is 0.537 bits per heavy atom. The van der Waals surface area contributed by atoms with Crippen molar-refractivity contribution in [3.8, 4) is 0 Å². The Balaban J connectivity index is 0.000000167. The van der Waals surface area contributed by atoms with Crippen LogP contribution in [0.1, 0.15) is 70.9 Å². The Kier molecular flexibility index (Phi) is 9.01. The third kappa shape index (κ3) is 6.66. The van der Waals surface area contributed by atoms with Crippen LogP contribution in [-0.2, 0) is 44.6 Å². The predicted molar refractivity (Wildman–Crippen MR) is 176 cm³/mol. The SMILES string of the molecule is O=C1CC2(CC2c2ccc(C(F)(F)F)cc2F)C(=O)N1Cc1ccccc1.O=C1C[C@]2(CC2c2ccc(C(F)(F)F)cc2F)C(=O)N1Cc1ccccc1. The van der Waals surface area contributed by atoms with Crippen LogP contribution in [0.2, 0.25) is 0 Å². The number of hydrogen-bond acceptors (Lipinski definition) is 4. The van der Waals surface area contributed by atoms with Crippen LogP contribution in [0.5, 0.6) is 0 Å². The lowest BCUT2D eigenvalue weighted by atomic mass is 9.96. The van der Waals surface area contributed by atoms with Gasteiger partial charge in [-0.15, -0.1) is 0 Å². The fourth-order valence-corrected chi connectivity index (χ4v) is 7.76. The number of nitrogens with zero attached hydrogens (tertiary/aromatic N) is 2. The van der Waals surface area contributed by atoms with Crippen molar-refractivity contribution in [2.45, 2.75) is 63.0 Å². The highest BCUT2D eigenvalue weighted by molar-refractivity contribution is 6.09. The van der Waals surface area contributed by atoms with Gasteiger partial charge in [0.1, 0.15) is 11.6 Å². The smallest absolute Gasteiger partial charge is 0.278 e. The van der Waals surface area contributed by atoms with Crippen LogP contribution in [0.25, 0.3) is 0 Å². The minimum atomic E-state index is -4.63. The van der Waals surface area contributed by atoms with E-state index in [0.717, 1.165) is 45.2 Å². The maximum Gasteiger partial charge on any atom is 0.416 e. The molecule has 3 unspecified atom stereocenters. The number of likely N-dealkylation sites (tertiary alicyclic amines) is 2. The van der Waals surface area contributed by atoms with Gasteiger partial charge in [-0.1, -0.05) is 72.8 Å². The van der Waals surface area contributed by atoms with Gasteiger partial charge < -0.3 is 0 Å². The first-order valence-corrected chi connectivity index (χ1v) is 17.0. The maximum atomic E-state index is 14.3. The van der Waals surface area contributed by atoms with E-state index in [1.165, 1.54) is 0 Å². The summed E-state index contributed by atoms with van der Waals surface area (Å²) in [7, 11) is 0. The van der Waals surface area contributed by atoms with Crippen LogP contribution >= 0.6 is 0 Å². The van der Waals surface area contributed by atoms with Gasteiger partial charge in [0, 0.05) is 24.7 Å². The fraction of sp³-hybridized carbons (Fsp3) is 0.300. The quantitative estimate of drug-likeness (QED) is 0.146. The molecular formula is C40H30F8N2O4. The van der Waals surface area contributed by atoms with Crippen molar-refractivity contribution in [1.29, 1.82) is 0 Å². The van der Waals surface area contributed by atoms with E-state index in [9.17, 15) is 54.3 Å². The van der Waals surface area contributed by atoms with E-state index in [4.69, 9.17) is 0 Å². The topological polar surface area (TPSA) is 74.8 Å². The van der Waals surface area contributed by atoms with Gasteiger partial charge in [-0.25, -0.2) is 8.78 Å². The summed E-state index contributed by atoms with van der Waals surface area (Å²) in [6, 6.07) is 22.7. The molecule has 0 bridgehead atoms. The molecule has 2 saturated carbocycles. The van der Waals surface area contributed by atoms with E-state index in [1.807, 2.05) is 12.1 Å². The average Bonchev–Trinajstić information content (AvgIpc) is 4.00. The molecule has 4 atom stereocenters. The molecule has 2 spiro atoms. The van der Waals surface area contributed by atoms with Crippen molar-refractivity contribution in [3.63, 3.8) is 0 Å². The number of rotatable bonds is 6. The molecule has 2 heterocycles. The zero-order valence-corrected chi connectivity index (χ0v) is 28.2. The number of carbonyl (C=O) groups excluding carboxylic acids is 4. The summed E-state index contributed by atoms with van der Waals surface area (Å²) in [4.78, 5) is 52.7. The minimum absolute atomic E-state index is 0.0379. The van der Waals surface area contributed by atoms with Crippen LogP contribution in [0.3, 0.4) is 0 Å². The van der Waals surface area contributed by atoms with Crippen LogP contribution in [0.15, 0.2) is 97.1 Å². The number of imide groups is 2. The second-order valence-corrected chi connectivity index (χ2v) is 14.2. The summed E-state index contributed by atoms with van der Waals surface area (Å²) in [6.07, 6.45) is -8.80. The van der Waals surface area contributed by atoms with E-state index in [-0.39, 0.29) is 73.5 Å². The van der Waals surface area contributed by atoms with Crippen LogP contribution in [-0.4, -0.2) is 33.4 Å². The fourth-order valence-electron chi connectivity index (χ4n) is 7.76. The monoisotopic (exact) mass is 754 g/mol. The van der Waals surface area contributed by atoms with Gasteiger partial charge in [-0.3, -0.25) is 29.0 Å². The molecule has 0 aromatic heterocycles. The van der Waals surface area contributed by atoms with Crippen molar-refractivity contribution in [3.05, 3.63) is 142 Å². The van der Waals surface area contributed by atoms with E-state index >= 15 is 0 Å². The Labute approximate surface area is 303 Å². The summed E-state index contributed by atoms with van der Waals surface area (Å²) in [5.74, 6) is -4.55. The second-order valence-electron chi connectivity index (χ2n) is 14.2.